The minimum atomic E-state index is -4.51. The molecule has 3 nitrogen and oxygen atoms in total. The summed E-state index contributed by atoms with van der Waals surface area (Å²) < 4.78 is 38.0. The van der Waals surface area contributed by atoms with Crippen LogP contribution in [-0.4, -0.2) is 12.2 Å². The van der Waals surface area contributed by atoms with Crippen molar-refractivity contribution in [2.75, 3.05) is 7.11 Å². The van der Waals surface area contributed by atoms with Gasteiger partial charge in [-0.1, -0.05) is 0 Å². The Kier molecular flexibility index (Phi) is 4.17. The van der Waals surface area contributed by atoms with Crippen LogP contribution in [0.4, 0.5) is 13.2 Å². The number of alkyl halides is 3. The number of phenols is 1. The molecule has 0 radical (unpaired) electrons. The Morgan fingerprint density at radius 1 is 1.44 bits per heavy atom. The van der Waals surface area contributed by atoms with E-state index < -0.39 is 17.5 Å². The SMILES string of the molecule is CONCc1cc(Br)c(O)cc1C(F)(F)F. The summed E-state index contributed by atoms with van der Waals surface area (Å²) in [6.45, 7) is -0.107. The molecular formula is C9H9BrF3NO2. The van der Waals surface area contributed by atoms with Crippen LogP contribution in [0.5, 0.6) is 5.75 Å². The summed E-state index contributed by atoms with van der Waals surface area (Å²) in [6, 6.07) is 1.88. The lowest BCUT2D eigenvalue weighted by Crippen LogP contribution is -2.16. The quantitative estimate of drug-likeness (QED) is 0.843. The Morgan fingerprint density at radius 2 is 2.06 bits per heavy atom. The summed E-state index contributed by atoms with van der Waals surface area (Å²) in [5, 5.41) is 9.21. The maximum Gasteiger partial charge on any atom is 0.416 e. The van der Waals surface area contributed by atoms with Crippen LogP contribution >= 0.6 is 15.9 Å². The molecule has 90 valence electrons. The van der Waals surface area contributed by atoms with Crippen LogP contribution in [0, 0.1) is 0 Å². The van der Waals surface area contributed by atoms with Crippen molar-refractivity contribution in [1.82, 2.24) is 5.48 Å². The van der Waals surface area contributed by atoms with E-state index in [4.69, 9.17) is 0 Å². The van der Waals surface area contributed by atoms with Gasteiger partial charge in [0.2, 0.25) is 0 Å². The first kappa shape index (κ1) is 13.3. The summed E-state index contributed by atoms with van der Waals surface area (Å²) in [7, 11) is 1.31. The van der Waals surface area contributed by atoms with E-state index in [2.05, 4.69) is 26.2 Å². The number of hydroxylamine groups is 1. The van der Waals surface area contributed by atoms with Gasteiger partial charge >= 0.3 is 6.18 Å². The van der Waals surface area contributed by atoms with E-state index in [0.29, 0.717) is 6.07 Å². The highest BCUT2D eigenvalue weighted by atomic mass is 79.9. The van der Waals surface area contributed by atoms with E-state index in [1.807, 2.05) is 0 Å². The van der Waals surface area contributed by atoms with Gasteiger partial charge in [-0.2, -0.15) is 18.7 Å². The molecule has 0 spiro atoms. The van der Waals surface area contributed by atoms with Crippen molar-refractivity contribution in [2.24, 2.45) is 0 Å². The molecule has 1 aromatic carbocycles. The molecule has 0 saturated heterocycles. The third-order valence-electron chi connectivity index (χ3n) is 1.89. The molecule has 0 unspecified atom stereocenters. The molecule has 2 N–H and O–H groups in total. The van der Waals surface area contributed by atoms with Crippen LogP contribution in [0.1, 0.15) is 11.1 Å². The van der Waals surface area contributed by atoms with Crippen LogP contribution < -0.4 is 5.48 Å². The highest BCUT2D eigenvalue weighted by Gasteiger charge is 2.34. The lowest BCUT2D eigenvalue weighted by atomic mass is 10.1. The standard InChI is InChI=1S/C9H9BrF3NO2/c1-16-14-4-5-2-7(10)8(15)3-6(5)9(11,12)13/h2-3,14-15H,4H2,1H3. The van der Waals surface area contributed by atoms with E-state index in [1.165, 1.54) is 13.2 Å². The Labute approximate surface area is 98.3 Å². The molecule has 0 amide bonds. The molecule has 0 aliphatic carbocycles. The Balaban J connectivity index is 3.17. The molecule has 7 heteroatoms. The van der Waals surface area contributed by atoms with Crippen LogP contribution in [-0.2, 0) is 17.6 Å². The van der Waals surface area contributed by atoms with E-state index in [9.17, 15) is 18.3 Å². The lowest BCUT2D eigenvalue weighted by molar-refractivity contribution is -0.138. The second kappa shape index (κ2) is 5.03. The van der Waals surface area contributed by atoms with Crippen LogP contribution in [0.3, 0.4) is 0 Å². The Hall–Kier alpha value is -0.790. The van der Waals surface area contributed by atoms with Crippen molar-refractivity contribution < 1.29 is 23.1 Å². The van der Waals surface area contributed by atoms with Gasteiger partial charge in [0.25, 0.3) is 0 Å². The predicted octanol–water partition coefficient (Wildman–Crippen LogP) is 2.82. The number of hydrogen-bond acceptors (Lipinski definition) is 3. The van der Waals surface area contributed by atoms with Gasteiger partial charge in [-0.05, 0) is 33.6 Å². The summed E-state index contributed by atoms with van der Waals surface area (Å²) in [5.74, 6) is -0.450. The van der Waals surface area contributed by atoms with E-state index in [0.717, 1.165) is 0 Å². The average Bonchev–Trinajstić information content (AvgIpc) is 2.17. The van der Waals surface area contributed by atoms with Crippen molar-refractivity contribution in [2.45, 2.75) is 12.7 Å². The second-order valence-electron chi connectivity index (χ2n) is 2.98. The third-order valence-corrected chi connectivity index (χ3v) is 2.52. The summed E-state index contributed by atoms with van der Waals surface area (Å²) in [5.41, 5.74) is 1.42. The summed E-state index contributed by atoms with van der Waals surface area (Å²) >= 11 is 2.95. The Bertz CT molecular complexity index is 382. The smallest absolute Gasteiger partial charge is 0.416 e. The molecule has 0 atom stereocenters. The van der Waals surface area contributed by atoms with Crippen LogP contribution in [0.15, 0.2) is 16.6 Å². The maximum atomic E-state index is 12.6. The average molecular weight is 300 g/mol. The molecule has 0 heterocycles. The number of hydrogen-bond donors (Lipinski definition) is 2. The largest absolute Gasteiger partial charge is 0.507 e. The highest BCUT2D eigenvalue weighted by Crippen LogP contribution is 2.37. The topological polar surface area (TPSA) is 41.5 Å². The van der Waals surface area contributed by atoms with Gasteiger partial charge in [0.15, 0.2) is 0 Å². The zero-order valence-electron chi connectivity index (χ0n) is 8.23. The number of aromatic hydroxyl groups is 1. The fourth-order valence-corrected chi connectivity index (χ4v) is 1.55. The number of halogens is 4. The molecule has 0 aliphatic heterocycles. The molecule has 16 heavy (non-hydrogen) atoms. The van der Waals surface area contributed by atoms with Gasteiger partial charge in [0.05, 0.1) is 17.1 Å². The van der Waals surface area contributed by atoms with E-state index in [1.54, 1.807) is 0 Å². The van der Waals surface area contributed by atoms with Gasteiger partial charge in [0, 0.05) is 6.54 Å². The molecule has 1 aromatic rings. The summed E-state index contributed by atoms with van der Waals surface area (Å²) in [6.07, 6.45) is -4.51. The summed E-state index contributed by atoms with van der Waals surface area (Å²) in [4.78, 5) is 4.49. The van der Waals surface area contributed by atoms with E-state index in [-0.39, 0.29) is 16.6 Å². The molecule has 0 saturated carbocycles. The fraction of sp³-hybridized carbons (Fsp3) is 0.333. The maximum absolute atomic E-state index is 12.6. The van der Waals surface area contributed by atoms with Crippen molar-refractivity contribution >= 4 is 15.9 Å². The monoisotopic (exact) mass is 299 g/mol. The zero-order chi connectivity index (χ0) is 12.3. The van der Waals surface area contributed by atoms with E-state index >= 15 is 0 Å². The number of benzene rings is 1. The van der Waals surface area contributed by atoms with Crippen LogP contribution in [0.25, 0.3) is 0 Å². The van der Waals surface area contributed by atoms with Gasteiger partial charge in [-0.3, -0.25) is 0 Å². The van der Waals surface area contributed by atoms with Crippen molar-refractivity contribution in [3.63, 3.8) is 0 Å². The lowest BCUT2D eigenvalue weighted by Gasteiger charge is -2.14. The fourth-order valence-electron chi connectivity index (χ4n) is 1.16. The minimum absolute atomic E-state index is 0.0148. The predicted molar refractivity (Wildman–Crippen MR) is 54.7 cm³/mol. The first-order valence-electron chi connectivity index (χ1n) is 4.20. The molecule has 0 bridgehead atoms. The number of nitrogens with one attached hydrogen (secondary N) is 1. The first-order valence-corrected chi connectivity index (χ1v) is 5.00. The molecular weight excluding hydrogens is 291 g/mol. The normalized spacial score (nSPS) is 11.8. The van der Waals surface area contributed by atoms with Crippen molar-refractivity contribution in [1.29, 1.82) is 0 Å². The second-order valence-corrected chi connectivity index (χ2v) is 3.84. The Morgan fingerprint density at radius 3 is 2.56 bits per heavy atom. The molecule has 1 rings (SSSR count). The van der Waals surface area contributed by atoms with Crippen molar-refractivity contribution in [3.8, 4) is 5.75 Å². The molecule has 0 aromatic heterocycles. The van der Waals surface area contributed by atoms with Gasteiger partial charge in [-0.25, -0.2) is 0 Å². The van der Waals surface area contributed by atoms with Crippen molar-refractivity contribution in [3.05, 3.63) is 27.7 Å². The number of rotatable bonds is 3. The molecule has 0 fully saturated rings. The highest BCUT2D eigenvalue weighted by molar-refractivity contribution is 9.10. The van der Waals surface area contributed by atoms with Gasteiger partial charge < -0.3 is 9.94 Å². The third kappa shape index (κ3) is 3.10. The van der Waals surface area contributed by atoms with Crippen LogP contribution in [0.2, 0.25) is 0 Å². The first-order chi connectivity index (χ1) is 7.36. The van der Waals surface area contributed by atoms with Gasteiger partial charge in [-0.15, -0.1) is 0 Å². The van der Waals surface area contributed by atoms with Gasteiger partial charge in [0.1, 0.15) is 5.75 Å². The zero-order valence-corrected chi connectivity index (χ0v) is 9.82. The number of phenolic OH excluding ortho intramolecular Hbond substituents is 1. The minimum Gasteiger partial charge on any atom is -0.507 e. The molecule has 0 aliphatic rings.